The number of sulfone groups is 1. The van der Waals surface area contributed by atoms with E-state index < -0.39 is 27.7 Å². The minimum atomic E-state index is -3.58. The smallest absolute Gasteiger partial charge is 0.252 e. The van der Waals surface area contributed by atoms with Crippen LogP contribution in [0.15, 0.2) is 62.4 Å². The molecule has 0 aliphatic heterocycles. The van der Waals surface area contributed by atoms with Crippen molar-refractivity contribution in [1.29, 1.82) is 0 Å². The maximum atomic E-state index is 12.3. The lowest BCUT2D eigenvalue weighted by Crippen LogP contribution is -2.45. The molecule has 0 saturated heterocycles. The first-order valence-corrected chi connectivity index (χ1v) is 10.8. The molecular weight excluding hydrogens is 488 g/mol. The Bertz CT molecular complexity index is 897. The van der Waals surface area contributed by atoms with Gasteiger partial charge in [-0.1, -0.05) is 50.1 Å². The van der Waals surface area contributed by atoms with Crippen molar-refractivity contribution in [3.63, 3.8) is 0 Å². The van der Waals surface area contributed by atoms with Gasteiger partial charge in [-0.05, 0) is 36.8 Å². The van der Waals surface area contributed by atoms with Crippen LogP contribution in [-0.2, 0) is 14.6 Å². The maximum absolute atomic E-state index is 12.3. The zero-order valence-electron chi connectivity index (χ0n) is 13.5. The molecule has 0 radical (unpaired) electrons. The number of amides is 2. The van der Waals surface area contributed by atoms with Crippen molar-refractivity contribution >= 4 is 53.5 Å². The Hall–Kier alpha value is -1.71. The van der Waals surface area contributed by atoms with Gasteiger partial charge in [0.2, 0.25) is 5.91 Å². The summed E-state index contributed by atoms with van der Waals surface area (Å²) in [5.74, 6) is -1.63. The van der Waals surface area contributed by atoms with Gasteiger partial charge in [0.05, 0.1) is 10.6 Å². The normalized spacial score (nSPS) is 12.4. The second kappa shape index (κ2) is 8.79. The van der Waals surface area contributed by atoms with Gasteiger partial charge in [0, 0.05) is 14.5 Å². The lowest BCUT2D eigenvalue weighted by molar-refractivity contribution is -0.119. The lowest BCUT2D eigenvalue weighted by atomic mass is 10.1. The Labute approximate surface area is 168 Å². The minimum Gasteiger partial charge on any atom is -0.368 e. The SMILES string of the molecule is NC(=O)[C@@H](CCS(=O)(=O)c1ccccc1)NC(=O)c1cc(Br)cc(Br)c1. The topological polar surface area (TPSA) is 106 Å². The van der Waals surface area contributed by atoms with E-state index in [-0.39, 0.29) is 17.1 Å². The zero-order chi connectivity index (χ0) is 19.3. The molecule has 1 atom stereocenters. The summed E-state index contributed by atoms with van der Waals surface area (Å²) in [6.45, 7) is 0. The highest BCUT2D eigenvalue weighted by atomic mass is 79.9. The van der Waals surface area contributed by atoms with Gasteiger partial charge < -0.3 is 11.1 Å². The highest BCUT2D eigenvalue weighted by Crippen LogP contribution is 2.20. The third kappa shape index (κ3) is 5.65. The molecule has 0 fully saturated rings. The van der Waals surface area contributed by atoms with E-state index in [2.05, 4.69) is 37.2 Å². The van der Waals surface area contributed by atoms with Crippen molar-refractivity contribution in [2.45, 2.75) is 17.4 Å². The molecule has 26 heavy (non-hydrogen) atoms. The van der Waals surface area contributed by atoms with Gasteiger partial charge in [-0.3, -0.25) is 9.59 Å². The quantitative estimate of drug-likeness (QED) is 0.605. The Morgan fingerprint density at radius 3 is 2.15 bits per heavy atom. The predicted molar refractivity (Wildman–Crippen MR) is 105 cm³/mol. The summed E-state index contributed by atoms with van der Waals surface area (Å²) in [6.07, 6.45) is -0.118. The van der Waals surface area contributed by atoms with Crippen LogP contribution in [0.1, 0.15) is 16.8 Å². The van der Waals surface area contributed by atoms with E-state index in [1.165, 1.54) is 12.1 Å². The Morgan fingerprint density at radius 2 is 1.62 bits per heavy atom. The Morgan fingerprint density at radius 1 is 1.04 bits per heavy atom. The first-order valence-electron chi connectivity index (χ1n) is 7.53. The number of benzene rings is 2. The van der Waals surface area contributed by atoms with Gasteiger partial charge in [0.25, 0.3) is 5.91 Å². The summed E-state index contributed by atoms with van der Waals surface area (Å²) in [4.78, 5) is 24.2. The fourth-order valence-electron chi connectivity index (χ4n) is 2.23. The summed E-state index contributed by atoms with van der Waals surface area (Å²) in [6, 6.07) is 11.7. The van der Waals surface area contributed by atoms with E-state index in [1.807, 2.05) is 0 Å². The van der Waals surface area contributed by atoms with Crippen LogP contribution in [0.4, 0.5) is 0 Å². The van der Waals surface area contributed by atoms with Crippen LogP contribution in [0.2, 0.25) is 0 Å². The first kappa shape index (κ1) is 20.6. The lowest BCUT2D eigenvalue weighted by Gasteiger charge is -2.16. The summed E-state index contributed by atoms with van der Waals surface area (Å²) in [5.41, 5.74) is 5.63. The van der Waals surface area contributed by atoms with Crippen LogP contribution < -0.4 is 11.1 Å². The monoisotopic (exact) mass is 502 g/mol. The van der Waals surface area contributed by atoms with Crippen molar-refractivity contribution in [2.75, 3.05) is 5.75 Å². The number of carbonyl (C=O) groups is 2. The second-order valence-electron chi connectivity index (χ2n) is 5.51. The molecule has 0 aliphatic carbocycles. The molecule has 3 N–H and O–H groups in total. The number of hydrogen-bond donors (Lipinski definition) is 2. The first-order chi connectivity index (χ1) is 12.2. The fraction of sp³-hybridized carbons (Fsp3) is 0.176. The van der Waals surface area contributed by atoms with E-state index in [9.17, 15) is 18.0 Å². The van der Waals surface area contributed by atoms with Crippen LogP contribution in [-0.4, -0.2) is 32.0 Å². The van der Waals surface area contributed by atoms with Crippen LogP contribution >= 0.6 is 31.9 Å². The molecule has 0 aromatic heterocycles. The minimum absolute atomic E-state index is 0.118. The van der Waals surface area contributed by atoms with Crippen LogP contribution in [0.5, 0.6) is 0 Å². The van der Waals surface area contributed by atoms with E-state index in [0.29, 0.717) is 14.5 Å². The highest BCUT2D eigenvalue weighted by Gasteiger charge is 2.23. The number of nitrogens with one attached hydrogen (secondary N) is 1. The molecule has 9 heteroatoms. The molecule has 0 bridgehead atoms. The molecular formula is C17H16Br2N2O4S. The largest absolute Gasteiger partial charge is 0.368 e. The van der Waals surface area contributed by atoms with E-state index in [0.717, 1.165) is 0 Å². The van der Waals surface area contributed by atoms with Crippen molar-refractivity contribution < 1.29 is 18.0 Å². The van der Waals surface area contributed by atoms with Crippen LogP contribution in [0.3, 0.4) is 0 Å². The maximum Gasteiger partial charge on any atom is 0.252 e. The number of halogens is 2. The molecule has 2 aromatic carbocycles. The number of nitrogens with two attached hydrogens (primary N) is 1. The number of carbonyl (C=O) groups excluding carboxylic acids is 2. The molecule has 138 valence electrons. The number of hydrogen-bond acceptors (Lipinski definition) is 4. The molecule has 6 nitrogen and oxygen atoms in total. The number of primary amides is 1. The summed E-state index contributed by atoms with van der Waals surface area (Å²) in [7, 11) is -3.58. The van der Waals surface area contributed by atoms with E-state index in [4.69, 9.17) is 5.73 Å². The zero-order valence-corrected chi connectivity index (χ0v) is 17.5. The van der Waals surface area contributed by atoms with Gasteiger partial charge in [-0.15, -0.1) is 0 Å². The standard InChI is InChI=1S/C17H16Br2N2O4S/c18-12-8-11(9-13(19)10-12)17(23)21-15(16(20)22)6-7-26(24,25)14-4-2-1-3-5-14/h1-5,8-10,15H,6-7H2,(H2,20,22)(H,21,23)/t15-/m1/s1. The van der Waals surface area contributed by atoms with Crippen molar-refractivity contribution in [1.82, 2.24) is 5.32 Å². The van der Waals surface area contributed by atoms with Crippen molar-refractivity contribution in [2.24, 2.45) is 5.73 Å². The molecule has 0 saturated carbocycles. The van der Waals surface area contributed by atoms with Gasteiger partial charge in [-0.25, -0.2) is 8.42 Å². The summed E-state index contributed by atoms with van der Waals surface area (Å²) < 4.78 is 26.0. The third-order valence-electron chi connectivity index (χ3n) is 3.55. The Balaban J connectivity index is 2.09. The molecule has 2 aromatic rings. The van der Waals surface area contributed by atoms with Crippen LogP contribution in [0, 0.1) is 0 Å². The van der Waals surface area contributed by atoms with Gasteiger partial charge >= 0.3 is 0 Å². The van der Waals surface area contributed by atoms with E-state index in [1.54, 1.807) is 36.4 Å². The average molecular weight is 504 g/mol. The van der Waals surface area contributed by atoms with Crippen molar-refractivity contribution in [3.05, 3.63) is 63.0 Å². The molecule has 0 spiro atoms. The second-order valence-corrected chi connectivity index (χ2v) is 9.45. The van der Waals surface area contributed by atoms with Crippen LogP contribution in [0.25, 0.3) is 0 Å². The Kier molecular flexibility index (Phi) is 6.96. The fourth-order valence-corrected chi connectivity index (χ4v) is 4.88. The predicted octanol–water partition coefficient (Wildman–Crippen LogP) is 2.66. The molecule has 2 amide bonds. The molecule has 0 aliphatic rings. The van der Waals surface area contributed by atoms with E-state index >= 15 is 0 Å². The third-order valence-corrected chi connectivity index (χ3v) is 6.23. The summed E-state index contributed by atoms with van der Waals surface area (Å²) >= 11 is 6.56. The van der Waals surface area contributed by atoms with Gasteiger partial charge in [0.1, 0.15) is 6.04 Å². The average Bonchev–Trinajstić information content (AvgIpc) is 2.58. The molecule has 0 unspecified atom stereocenters. The van der Waals surface area contributed by atoms with Gasteiger partial charge in [-0.2, -0.15) is 0 Å². The number of rotatable bonds is 7. The molecule has 2 rings (SSSR count). The van der Waals surface area contributed by atoms with Crippen molar-refractivity contribution in [3.8, 4) is 0 Å². The van der Waals surface area contributed by atoms with Gasteiger partial charge in [0.15, 0.2) is 9.84 Å². The molecule has 0 heterocycles. The highest BCUT2D eigenvalue weighted by molar-refractivity contribution is 9.11. The summed E-state index contributed by atoms with van der Waals surface area (Å²) in [5, 5.41) is 2.49.